The van der Waals surface area contributed by atoms with Crippen molar-refractivity contribution < 1.29 is 0 Å². The van der Waals surface area contributed by atoms with Gasteiger partial charge < -0.3 is 15.2 Å². The maximum absolute atomic E-state index is 9.32. The third-order valence-corrected chi connectivity index (χ3v) is 6.82. The van der Waals surface area contributed by atoms with Crippen LogP contribution >= 0.6 is 11.3 Å². The summed E-state index contributed by atoms with van der Waals surface area (Å²) in [7, 11) is 0. The summed E-state index contributed by atoms with van der Waals surface area (Å²) < 4.78 is 2.43. The summed E-state index contributed by atoms with van der Waals surface area (Å²) in [6.45, 7) is 2.55. The molecule has 0 amide bonds. The van der Waals surface area contributed by atoms with Crippen LogP contribution in [0.15, 0.2) is 60.2 Å². The molecule has 2 N–H and O–H groups in total. The van der Waals surface area contributed by atoms with E-state index in [1.807, 2.05) is 29.8 Å². The molecule has 0 atom stereocenters. The zero-order chi connectivity index (χ0) is 20.5. The summed E-state index contributed by atoms with van der Waals surface area (Å²) in [5.41, 5.74) is 11.2. The second-order valence-corrected chi connectivity index (χ2v) is 8.60. The first-order chi connectivity index (χ1) is 14.8. The molecule has 30 heavy (non-hydrogen) atoms. The fourth-order valence-electron chi connectivity index (χ4n) is 4.42. The number of rotatable bonds is 4. The average molecular weight is 414 g/mol. The predicted octanol–water partition coefficient (Wildman–Crippen LogP) is 4.94. The molecule has 5 rings (SSSR count). The largest absolute Gasteiger partial charge is 0.348 e. The SMILES string of the molecule is N#Cc1cccc(-c2cn(C3CCN(c4nccs4)CC3)c3cc(CN)ccc23)c1. The van der Waals surface area contributed by atoms with Crippen LogP contribution in [-0.2, 0) is 6.54 Å². The van der Waals surface area contributed by atoms with E-state index < -0.39 is 0 Å². The Bertz CT molecular complexity index is 1210. The number of nitrogens with two attached hydrogens (primary N) is 1. The van der Waals surface area contributed by atoms with Crippen LogP contribution in [0, 0.1) is 11.3 Å². The number of hydrogen-bond donors (Lipinski definition) is 1. The van der Waals surface area contributed by atoms with Crippen LogP contribution in [-0.4, -0.2) is 22.6 Å². The van der Waals surface area contributed by atoms with Crippen LogP contribution in [0.3, 0.4) is 0 Å². The van der Waals surface area contributed by atoms with Gasteiger partial charge in [-0.3, -0.25) is 0 Å². The normalized spacial score (nSPS) is 14.9. The Balaban J connectivity index is 1.54. The third-order valence-electron chi connectivity index (χ3n) is 5.98. The van der Waals surface area contributed by atoms with Gasteiger partial charge in [-0.1, -0.05) is 24.3 Å². The molecule has 2 aromatic heterocycles. The Hall–Kier alpha value is -3.14. The van der Waals surface area contributed by atoms with Gasteiger partial charge in [-0.2, -0.15) is 5.26 Å². The topological polar surface area (TPSA) is 70.9 Å². The van der Waals surface area contributed by atoms with E-state index in [-0.39, 0.29) is 0 Å². The summed E-state index contributed by atoms with van der Waals surface area (Å²) >= 11 is 1.71. The molecule has 1 aliphatic heterocycles. The van der Waals surface area contributed by atoms with Crippen LogP contribution in [0.4, 0.5) is 5.13 Å². The molecule has 4 aromatic rings. The third kappa shape index (κ3) is 3.36. The summed E-state index contributed by atoms with van der Waals surface area (Å²) in [5, 5.41) is 13.7. The zero-order valence-corrected chi connectivity index (χ0v) is 17.5. The molecule has 150 valence electrons. The van der Waals surface area contributed by atoms with E-state index in [1.165, 1.54) is 16.5 Å². The molecule has 0 spiro atoms. The Morgan fingerprint density at radius 2 is 2.03 bits per heavy atom. The molecule has 0 unspecified atom stereocenters. The van der Waals surface area contributed by atoms with Gasteiger partial charge in [0.25, 0.3) is 0 Å². The predicted molar refractivity (Wildman–Crippen MR) is 123 cm³/mol. The molecule has 0 aliphatic carbocycles. The molecule has 0 saturated carbocycles. The lowest BCUT2D eigenvalue weighted by atomic mass is 10.0. The lowest BCUT2D eigenvalue weighted by Gasteiger charge is -2.33. The van der Waals surface area contributed by atoms with Crippen LogP contribution in [0.5, 0.6) is 0 Å². The monoisotopic (exact) mass is 413 g/mol. The molecule has 3 heterocycles. The molecule has 5 nitrogen and oxygen atoms in total. The van der Waals surface area contributed by atoms with Crippen LogP contribution in [0.2, 0.25) is 0 Å². The zero-order valence-electron chi connectivity index (χ0n) is 16.7. The molecular weight excluding hydrogens is 390 g/mol. The Labute approximate surface area is 180 Å². The van der Waals surface area contributed by atoms with Gasteiger partial charge >= 0.3 is 0 Å². The van der Waals surface area contributed by atoms with Crippen molar-refractivity contribution in [2.24, 2.45) is 5.73 Å². The van der Waals surface area contributed by atoms with Gasteiger partial charge in [-0.05, 0) is 42.2 Å². The van der Waals surface area contributed by atoms with Crippen LogP contribution in [0.25, 0.3) is 22.0 Å². The van der Waals surface area contributed by atoms with E-state index in [1.54, 1.807) is 11.3 Å². The second kappa shape index (κ2) is 7.94. The maximum atomic E-state index is 9.32. The van der Waals surface area contributed by atoms with E-state index in [9.17, 15) is 5.26 Å². The van der Waals surface area contributed by atoms with Crippen molar-refractivity contribution in [3.05, 3.63) is 71.4 Å². The van der Waals surface area contributed by atoms with Crippen molar-refractivity contribution >= 4 is 27.4 Å². The average Bonchev–Trinajstić information content (AvgIpc) is 3.47. The van der Waals surface area contributed by atoms with Crippen molar-refractivity contribution in [3.63, 3.8) is 0 Å². The molecule has 0 radical (unpaired) electrons. The minimum Gasteiger partial charge on any atom is -0.348 e. The number of fused-ring (bicyclic) bond motifs is 1. The molecule has 1 aliphatic rings. The van der Waals surface area contributed by atoms with Gasteiger partial charge in [-0.25, -0.2) is 4.98 Å². The van der Waals surface area contributed by atoms with Gasteiger partial charge in [0, 0.05) is 59.9 Å². The van der Waals surface area contributed by atoms with Crippen molar-refractivity contribution in [2.45, 2.75) is 25.4 Å². The lowest BCUT2D eigenvalue weighted by Crippen LogP contribution is -2.34. The highest BCUT2D eigenvalue weighted by Crippen LogP contribution is 2.37. The van der Waals surface area contributed by atoms with Crippen LogP contribution < -0.4 is 10.6 Å². The van der Waals surface area contributed by atoms with Crippen molar-refractivity contribution in [1.29, 1.82) is 5.26 Å². The number of anilines is 1. The fourth-order valence-corrected chi connectivity index (χ4v) is 5.12. The first-order valence-corrected chi connectivity index (χ1v) is 11.1. The number of aromatic nitrogens is 2. The lowest BCUT2D eigenvalue weighted by molar-refractivity contribution is 0.405. The van der Waals surface area contributed by atoms with Gasteiger partial charge in [0.15, 0.2) is 5.13 Å². The fraction of sp³-hybridized carbons (Fsp3) is 0.250. The van der Waals surface area contributed by atoms with Gasteiger partial charge in [0.1, 0.15) is 0 Å². The van der Waals surface area contributed by atoms with Gasteiger partial charge in [0.05, 0.1) is 11.6 Å². The Morgan fingerprint density at radius 1 is 1.17 bits per heavy atom. The Kier molecular flexibility index (Phi) is 4.99. The van der Waals surface area contributed by atoms with E-state index in [0.717, 1.165) is 42.2 Å². The summed E-state index contributed by atoms with van der Waals surface area (Å²) in [6, 6.07) is 17.1. The quantitative estimate of drug-likeness (QED) is 0.515. The summed E-state index contributed by atoms with van der Waals surface area (Å²) in [6.07, 6.45) is 6.30. The molecule has 0 bridgehead atoms. The van der Waals surface area contributed by atoms with Gasteiger partial charge in [-0.15, -0.1) is 11.3 Å². The maximum Gasteiger partial charge on any atom is 0.185 e. The minimum absolute atomic E-state index is 0.435. The van der Waals surface area contributed by atoms with E-state index in [0.29, 0.717) is 18.2 Å². The molecular formula is C24H23N5S. The number of thiazole rings is 1. The van der Waals surface area contributed by atoms with Crippen molar-refractivity contribution in [2.75, 3.05) is 18.0 Å². The van der Waals surface area contributed by atoms with Crippen LogP contribution in [0.1, 0.15) is 30.0 Å². The molecule has 1 saturated heterocycles. The number of nitriles is 1. The smallest absolute Gasteiger partial charge is 0.185 e. The molecule has 1 fully saturated rings. The minimum atomic E-state index is 0.435. The highest BCUT2D eigenvalue weighted by Gasteiger charge is 2.24. The first-order valence-electron chi connectivity index (χ1n) is 10.3. The standard InChI is InChI=1S/C24H23N5S/c25-14-17-2-1-3-19(12-17)22-16-29(23-13-18(15-26)4-5-21(22)23)20-6-9-28(10-7-20)24-27-8-11-30-24/h1-5,8,11-13,16,20H,6-7,9-10,15,26H2. The number of piperidine rings is 1. The van der Waals surface area contributed by atoms with Crippen molar-refractivity contribution in [3.8, 4) is 17.2 Å². The Morgan fingerprint density at radius 3 is 2.77 bits per heavy atom. The number of nitrogens with zero attached hydrogens (tertiary/aromatic N) is 4. The van der Waals surface area contributed by atoms with Crippen molar-refractivity contribution in [1.82, 2.24) is 9.55 Å². The number of hydrogen-bond acceptors (Lipinski definition) is 5. The summed E-state index contributed by atoms with van der Waals surface area (Å²) in [4.78, 5) is 6.85. The summed E-state index contributed by atoms with van der Waals surface area (Å²) in [5.74, 6) is 0. The van der Waals surface area contributed by atoms with E-state index >= 15 is 0 Å². The highest BCUT2D eigenvalue weighted by atomic mass is 32.1. The first kappa shape index (κ1) is 18.9. The molecule has 6 heteroatoms. The molecule has 2 aromatic carbocycles. The second-order valence-electron chi connectivity index (χ2n) is 7.73. The highest BCUT2D eigenvalue weighted by molar-refractivity contribution is 7.13. The van der Waals surface area contributed by atoms with E-state index in [4.69, 9.17) is 5.73 Å². The number of benzene rings is 2. The van der Waals surface area contributed by atoms with Gasteiger partial charge in [0.2, 0.25) is 0 Å². The van der Waals surface area contributed by atoms with E-state index in [2.05, 4.69) is 51.0 Å².